The van der Waals surface area contributed by atoms with Crippen molar-refractivity contribution in [3.05, 3.63) is 70.8 Å². The second-order valence-corrected chi connectivity index (χ2v) is 8.39. The van der Waals surface area contributed by atoms with Crippen LogP contribution in [0.2, 0.25) is 0 Å². The first-order chi connectivity index (χ1) is 13.5. The zero-order valence-electron chi connectivity index (χ0n) is 17.4. The fourth-order valence-electron chi connectivity index (χ4n) is 4.43. The number of phenols is 2. The Morgan fingerprint density at radius 2 is 1.18 bits per heavy atom. The maximum atomic E-state index is 10.1. The predicted octanol–water partition coefficient (Wildman–Crippen LogP) is 7.08. The van der Waals surface area contributed by atoms with E-state index in [0.29, 0.717) is 11.5 Å². The van der Waals surface area contributed by atoms with Gasteiger partial charge >= 0.3 is 0 Å². The summed E-state index contributed by atoms with van der Waals surface area (Å²) in [6.45, 7) is 3.93. The third-order valence-electron chi connectivity index (χ3n) is 6.27. The molecule has 0 aromatic heterocycles. The highest BCUT2D eigenvalue weighted by Crippen LogP contribution is 2.42. The van der Waals surface area contributed by atoms with Crippen LogP contribution in [-0.2, 0) is 5.41 Å². The first-order valence-electron chi connectivity index (χ1n) is 10.8. The summed E-state index contributed by atoms with van der Waals surface area (Å²) in [6, 6.07) is 12.1. The Hall–Kier alpha value is -2.22. The number of allylic oxidation sites excluding steroid dienone is 2. The molecule has 2 aromatic carbocycles. The second-order valence-electron chi connectivity index (χ2n) is 8.39. The van der Waals surface area contributed by atoms with E-state index < -0.39 is 0 Å². The summed E-state index contributed by atoms with van der Waals surface area (Å²) >= 11 is 0. The molecule has 0 fully saturated rings. The van der Waals surface area contributed by atoms with Crippen molar-refractivity contribution in [2.75, 3.05) is 0 Å². The lowest BCUT2D eigenvalue weighted by Crippen LogP contribution is -2.26. The third-order valence-corrected chi connectivity index (χ3v) is 6.27. The number of aryl methyl sites for hydroxylation is 2. The minimum absolute atomic E-state index is 0.226. The lowest BCUT2D eigenvalue weighted by Gasteiger charge is -2.34. The molecule has 2 heteroatoms. The van der Waals surface area contributed by atoms with Gasteiger partial charge in [-0.2, -0.15) is 0 Å². The van der Waals surface area contributed by atoms with E-state index in [0.717, 1.165) is 24.0 Å². The summed E-state index contributed by atoms with van der Waals surface area (Å²) < 4.78 is 0. The van der Waals surface area contributed by atoms with Crippen molar-refractivity contribution in [1.82, 2.24) is 0 Å². The van der Waals surface area contributed by atoms with Gasteiger partial charge in [-0.3, -0.25) is 0 Å². The topological polar surface area (TPSA) is 40.5 Å². The molecule has 0 unspecified atom stereocenters. The van der Waals surface area contributed by atoms with Crippen molar-refractivity contribution in [2.45, 2.75) is 77.0 Å². The largest absolute Gasteiger partial charge is 0.508 e. The number of benzene rings is 2. The summed E-state index contributed by atoms with van der Waals surface area (Å²) in [7, 11) is 0. The van der Waals surface area contributed by atoms with Crippen molar-refractivity contribution in [2.24, 2.45) is 0 Å². The van der Waals surface area contributed by atoms with Crippen LogP contribution in [0.1, 0.15) is 80.0 Å². The van der Waals surface area contributed by atoms with Crippen LogP contribution >= 0.6 is 0 Å². The van der Waals surface area contributed by atoms with E-state index >= 15 is 0 Å². The van der Waals surface area contributed by atoms with E-state index in [4.69, 9.17) is 0 Å². The Bertz CT molecular complexity index is 768. The molecule has 0 spiro atoms. The summed E-state index contributed by atoms with van der Waals surface area (Å²) in [5.41, 5.74) is 4.04. The molecule has 0 heterocycles. The Balaban J connectivity index is 2.12. The van der Waals surface area contributed by atoms with Gasteiger partial charge in [0, 0.05) is 5.41 Å². The van der Waals surface area contributed by atoms with Crippen LogP contribution in [-0.4, -0.2) is 10.2 Å². The van der Waals surface area contributed by atoms with Gasteiger partial charge in [0.25, 0.3) is 0 Å². The Morgan fingerprint density at radius 3 is 1.71 bits per heavy atom. The molecule has 0 amide bonds. The molecule has 0 saturated carbocycles. The highest BCUT2D eigenvalue weighted by Gasteiger charge is 2.32. The maximum Gasteiger partial charge on any atom is 0.118 e. The Morgan fingerprint density at radius 1 is 0.679 bits per heavy atom. The quantitative estimate of drug-likeness (QED) is 0.548. The van der Waals surface area contributed by atoms with Gasteiger partial charge in [0.05, 0.1) is 0 Å². The van der Waals surface area contributed by atoms with E-state index in [1.54, 1.807) is 0 Å². The van der Waals surface area contributed by atoms with Crippen molar-refractivity contribution in [1.29, 1.82) is 0 Å². The second kappa shape index (κ2) is 9.32. The molecular weight excluding hydrogens is 344 g/mol. The molecule has 3 rings (SSSR count). The van der Waals surface area contributed by atoms with E-state index in [9.17, 15) is 10.2 Å². The fourth-order valence-corrected chi connectivity index (χ4v) is 4.43. The maximum absolute atomic E-state index is 10.1. The average Bonchev–Trinajstić information content (AvgIpc) is 2.67. The molecule has 0 bridgehead atoms. The molecule has 2 N–H and O–H groups in total. The standard InChI is InChI=1S/C26H34O2/c1-20-18-22(12-14-24(20)27)26(23-13-15-25(28)21(2)19-23)16-10-8-6-4-3-5-7-9-11-17-26/h10,12-16,18-19,27-28H,3-9,11,17H2,1-2H3/b16-10-. The summed E-state index contributed by atoms with van der Waals surface area (Å²) in [5, 5.41) is 20.2. The van der Waals surface area contributed by atoms with Gasteiger partial charge in [-0.1, -0.05) is 74.9 Å². The molecule has 0 aliphatic heterocycles. The van der Waals surface area contributed by atoms with Crippen molar-refractivity contribution in [3.63, 3.8) is 0 Å². The van der Waals surface area contributed by atoms with Crippen LogP contribution in [0.4, 0.5) is 0 Å². The molecular formula is C26H34O2. The van der Waals surface area contributed by atoms with Gasteiger partial charge in [-0.25, -0.2) is 0 Å². The van der Waals surface area contributed by atoms with Crippen LogP contribution < -0.4 is 0 Å². The smallest absolute Gasteiger partial charge is 0.118 e. The number of phenolic OH excluding ortho intramolecular Hbond substituents is 2. The highest BCUT2D eigenvalue weighted by atomic mass is 16.3. The Labute approximate surface area is 169 Å². The monoisotopic (exact) mass is 378 g/mol. The van der Waals surface area contributed by atoms with Crippen molar-refractivity contribution < 1.29 is 10.2 Å². The third kappa shape index (κ3) is 4.60. The van der Waals surface area contributed by atoms with E-state index in [1.165, 1.54) is 56.1 Å². The van der Waals surface area contributed by atoms with Gasteiger partial charge in [0.1, 0.15) is 11.5 Å². The number of aromatic hydroxyl groups is 2. The highest BCUT2D eigenvalue weighted by molar-refractivity contribution is 5.50. The van der Waals surface area contributed by atoms with Gasteiger partial charge in [-0.15, -0.1) is 0 Å². The predicted molar refractivity (Wildman–Crippen MR) is 117 cm³/mol. The lowest BCUT2D eigenvalue weighted by molar-refractivity contribution is 0.466. The minimum Gasteiger partial charge on any atom is -0.508 e. The van der Waals surface area contributed by atoms with E-state index in [1.807, 2.05) is 26.0 Å². The van der Waals surface area contributed by atoms with Crippen LogP contribution in [0.3, 0.4) is 0 Å². The Kier molecular flexibility index (Phi) is 6.83. The van der Waals surface area contributed by atoms with Crippen molar-refractivity contribution >= 4 is 0 Å². The number of hydrogen-bond acceptors (Lipinski definition) is 2. The van der Waals surface area contributed by atoms with Gasteiger partial charge in [0.2, 0.25) is 0 Å². The number of hydrogen-bond donors (Lipinski definition) is 2. The summed E-state index contributed by atoms with van der Waals surface area (Å²) in [4.78, 5) is 0. The molecule has 2 aromatic rings. The van der Waals surface area contributed by atoms with Crippen molar-refractivity contribution in [3.8, 4) is 11.5 Å². The molecule has 0 radical (unpaired) electrons. The zero-order chi connectivity index (χ0) is 20.0. The first-order valence-corrected chi connectivity index (χ1v) is 10.8. The van der Waals surface area contributed by atoms with Crippen LogP contribution in [0.25, 0.3) is 0 Å². The molecule has 150 valence electrons. The fraction of sp³-hybridized carbons (Fsp3) is 0.462. The normalized spacial score (nSPS) is 19.4. The van der Waals surface area contributed by atoms with Gasteiger partial charge in [0.15, 0.2) is 0 Å². The van der Waals surface area contributed by atoms with Crippen LogP contribution in [0, 0.1) is 13.8 Å². The zero-order valence-corrected chi connectivity index (χ0v) is 17.4. The van der Waals surface area contributed by atoms with Gasteiger partial charge in [-0.05, 0) is 67.5 Å². The van der Waals surface area contributed by atoms with E-state index in [-0.39, 0.29) is 5.41 Å². The summed E-state index contributed by atoms with van der Waals surface area (Å²) in [6.07, 6.45) is 15.9. The molecule has 2 nitrogen and oxygen atoms in total. The average molecular weight is 379 g/mol. The van der Waals surface area contributed by atoms with Crippen LogP contribution in [0.5, 0.6) is 11.5 Å². The minimum atomic E-state index is -0.226. The lowest BCUT2D eigenvalue weighted by atomic mass is 9.70. The molecule has 1 aliphatic rings. The van der Waals surface area contributed by atoms with Gasteiger partial charge < -0.3 is 10.2 Å². The number of rotatable bonds is 2. The summed E-state index contributed by atoms with van der Waals surface area (Å²) in [5.74, 6) is 0.691. The molecule has 1 aliphatic carbocycles. The molecule has 0 atom stereocenters. The van der Waals surface area contributed by atoms with Crippen LogP contribution in [0.15, 0.2) is 48.6 Å². The molecule has 28 heavy (non-hydrogen) atoms. The first kappa shape index (κ1) is 20.5. The molecule has 0 saturated heterocycles. The SMILES string of the molecule is Cc1cc(C2(c3ccc(O)c(C)c3)/C=C\CCCCCCCCC2)ccc1O. The van der Waals surface area contributed by atoms with E-state index in [2.05, 4.69) is 36.4 Å².